The van der Waals surface area contributed by atoms with E-state index in [2.05, 4.69) is 5.32 Å². The van der Waals surface area contributed by atoms with Crippen molar-refractivity contribution in [1.82, 2.24) is 5.32 Å². The van der Waals surface area contributed by atoms with E-state index in [1.54, 1.807) is 7.11 Å². The van der Waals surface area contributed by atoms with Gasteiger partial charge >= 0.3 is 0 Å². The molecule has 0 bridgehead atoms. The lowest BCUT2D eigenvalue weighted by Crippen LogP contribution is -2.37. The smallest absolute Gasteiger partial charge is 0.249 e. The minimum absolute atomic E-state index is 0.0489. The number of rotatable bonds is 5. The van der Waals surface area contributed by atoms with E-state index >= 15 is 0 Å². The zero-order valence-electron chi connectivity index (χ0n) is 13.2. The van der Waals surface area contributed by atoms with Crippen molar-refractivity contribution >= 4 is 5.91 Å². The molecule has 1 N–H and O–H groups in total. The summed E-state index contributed by atoms with van der Waals surface area (Å²) in [7, 11) is 1.64. The van der Waals surface area contributed by atoms with Gasteiger partial charge in [0.05, 0.1) is 13.2 Å². The van der Waals surface area contributed by atoms with Gasteiger partial charge in [-0.2, -0.15) is 0 Å². The summed E-state index contributed by atoms with van der Waals surface area (Å²) in [6.07, 6.45) is 1.39. The molecular formula is C19H21NO3. The first-order valence-electron chi connectivity index (χ1n) is 7.89. The first-order chi connectivity index (χ1) is 11.3. The number of hydrogen-bond donors (Lipinski definition) is 1. The number of carbonyl (C=O) groups excluding carboxylic acids is 1. The highest BCUT2D eigenvalue weighted by Crippen LogP contribution is 2.25. The Kier molecular flexibility index (Phi) is 4.93. The molecule has 2 aromatic carbocycles. The van der Waals surface area contributed by atoms with Gasteiger partial charge in [-0.15, -0.1) is 0 Å². The van der Waals surface area contributed by atoms with Crippen molar-refractivity contribution in [2.24, 2.45) is 0 Å². The number of nitrogens with one attached hydrogen (secondary N) is 1. The summed E-state index contributed by atoms with van der Waals surface area (Å²) in [5, 5.41) is 3.12. The zero-order chi connectivity index (χ0) is 16.1. The number of methoxy groups -OCH3 is 1. The van der Waals surface area contributed by atoms with Gasteiger partial charge in [0.25, 0.3) is 0 Å². The van der Waals surface area contributed by atoms with Crippen LogP contribution in [0.15, 0.2) is 54.6 Å². The molecule has 1 aliphatic heterocycles. The maximum atomic E-state index is 12.5. The Labute approximate surface area is 136 Å². The van der Waals surface area contributed by atoms with Gasteiger partial charge in [-0.3, -0.25) is 4.79 Å². The van der Waals surface area contributed by atoms with Crippen molar-refractivity contribution in [3.63, 3.8) is 0 Å². The van der Waals surface area contributed by atoms with Gasteiger partial charge in [-0.1, -0.05) is 42.5 Å². The Morgan fingerprint density at radius 2 is 1.83 bits per heavy atom. The van der Waals surface area contributed by atoms with Gasteiger partial charge in [-0.25, -0.2) is 0 Å². The minimum Gasteiger partial charge on any atom is -0.497 e. The summed E-state index contributed by atoms with van der Waals surface area (Å²) in [5.41, 5.74) is 2.06. The van der Waals surface area contributed by atoms with Crippen molar-refractivity contribution in [2.75, 3.05) is 13.7 Å². The van der Waals surface area contributed by atoms with Gasteiger partial charge in [0, 0.05) is 6.61 Å². The van der Waals surface area contributed by atoms with E-state index in [9.17, 15) is 4.79 Å². The number of carbonyl (C=O) groups is 1. The molecule has 1 heterocycles. The normalized spacial score (nSPS) is 18.4. The molecule has 0 saturated carbocycles. The molecule has 1 amide bonds. The van der Waals surface area contributed by atoms with E-state index in [-0.39, 0.29) is 18.1 Å². The minimum atomic E-state index is -0.334. The van der Waals surface area contributed by atoms with Crippen LogP contribution < -0.4 is 10.1 Å². The fraction of sp³-hybridized carbons (Fsp3) is 0.316. The predicted octanol–water partition coefficient (Wildman–Crippen LogP) is 3.08. The van der Waals surface area contributed by atoms with E-state index < -0.39 is 0 Å². The first kappa shape index (κ1) is 15.6. The van der Waals surface area contributed by atoms with Crippen LogP contribution in [0.4, 0.5) is 0 Å². The highest BCUT2D eigenvalue weighted by molar-refractivity contribution is 5.81. The zero-order valence-corrected chi connectivity index (χ0v) is 13.2. The number of amides is 1. The van der Waals surface area contributed by atoms with Crippen molar-refractivity contribution in [3.05, 3.63) is 65.7 Å². The van der Waals surface area contributed by atoms with E-state index in [0.29, 0.717) is 6.61 Å². The molecule has 2 aromatic rings. The van der Waals surface area contributed by atoms with Gasteiger partial charge in [0.2, 0.25) is 5.91 Å². The molecule has 0 unspecified atom stereocenters. The van der Waals surface area contributed by atoms with Gasteiger partial charge in [-0.05, 0) is 36.1 Å². The van der Waals surface area contributed by atoms with Crippen LogP contribution in [0.5, 0.6) is 5.75 Å². The molecule has 0 spiro atoms. The van der Waals surface area contributed by atoms with E-state index in [1.165, 1.54) is 0 Å². The molecule has 1 aliphatic rings. The second-order valence-corrected chi connectivity index (χ2v) is 5.63. The van der Waals surface area contributed by atoms with Crippen LogP contribution in [-0.2, 0) is 9.53 Å². The predicted molar refractivity (Wildman–Crippen MR) is 88.4 cm³/mol. The van der Waals surface area contributed by atoms with Gasteiger partial charge < -0.3 is 14.8 Å². The lowest BCUT2D eigenvalue weighted by atomic mass is 9.98. The Hall–Kier alpha value is -2.33. The molecule has 1 saturated heterocycles. The van der Waals surface area contributed by atoms with Crippen molar-refractivity contribution in [3.8, 4) is 5.75 Å². The summed E-state index contributed by atoms with van der Waals surface area (Å²) in [6.45, 7) is 0.663. The summed E-state index contributed by atoms with van der Waals surface area (Å²) in [4.78, 5) is 12.5. The molecular weight excluding hydrogens is 290 g/mol. The van der Waals surface area contributed by atoms with Gasteiger partial charge in [0.15, 0.2) is 0 Å². The second kappa shape index (κ2) is 7.29. The third-order valence-electron chi connectivity index (χ3n) is 4.09. The Morgan fingerprint density at radius 3 is 2.43 bits per heavy atom. The molecule has 4 heteroatoms. The standard InChI is InChI=1S/C19H21NO3/c1-22-16-11-9-15(10-12-16)18(14-6-3-2-4-7-14)20-19(21)17-8-5-13-23-17/h2-4,6-7,9-12,17-18H,5,8,13H2,1H3,(H,20,21)/t17-,18-/m1/s1. The highest BCUT2D eigenvalue weighted by atomic mass is 16.5. The van der Waals surface area contributed by atoms with Crippen LogP contribution >= 0.6 is 0 Å². The van der Waals surface area contributed by atoms with Crippen molar-refractivity contribution in [2.45, 2.75) is 25.0 Å². The highest BCUT2D eigenvalue weighted by Gasteiger charge is 2.26. The fourth-order valence-electron chi connectivity index (χ4n) is 2.82. The number of hydrogen-bond acceptors (Lipinski definition) is 3. The van der Waals surface area contributed by atoms with Crippen LogP contribution in [0.3, 0.4) is 0 Å². The third kappa shape index (κ3) is 3.71. The van der Waals surface area contributed by atoms with E-state index in [0.717, 1.165) is 29.7 Å². The molecule has 0 aliphatic carbocycles. The molecule has 2 atom stereocenters. The quantitative estimate of drug-likeness (QED) is 0.923. The first-order valence-corrected chi connectivity index (χ1v) is 7.89. The Bertz CT molecular complexity index is 633. The number of benzene rings is 2. The van der Waals surface area contributed by atoms with Crippen LogP contribution in [0.2, 0.25) is 0 Å². The molecule has 0 aromatic heterocycles. The van der Waals surface area contributed by atoms with Crippen molar-refractivity contribution in [1.29, 1.82) is 0 Å². The Morgan fingerprint density at radius 1 is 1.13 bits per heavy atom. The summed E-state index contributed by atoms with van der Waals surface area (Å²) in [5.74, 6) is 0.748. The largest absolute Gasteiger partial charge is 0.497 e. The molecule has 3 rings (SSSR count). The lowest BCUT2D eigenvalue weighted by Gasteiger charge is -2.22. The van der Waals surface area contributed by atoms with Crippen LogP contribution in [0.1, 0.15) is 30.0 Å². The second-order valence-electron chi connectivity index (χ2n) is 5.63. The molecule has 0 radical (unpaired) electrons. The summed E-state index contributed by atoms with van der Waals surface area (Å²) < 4.78 is 10.7. The average Bonchev–Trinajstić information content (AvgIpc) is 3.15. The summed E-state index contributed by atoms with van der Waals surface area (Å²) in [6, 6.07) is 17.5. The third-order valence-corrected chi connectivity index (χ3v) is 4.09. The topological polar surface area (TPSA) is 47.6 Å². The molecule has 120 valence electrons. The van der Waals surface area contributed by atoms with E-state index in [1.807, 2.05) is 54.6 Å². The van der Waals surface area contributed by atoms with Crippen molar-refractivity contribution < 1.29 is 14.3 Å². The van der Waals surface area contributed by atoms with E-state index in [4.69, 9.17) is 9.47 Å². The summed E-state index contributed by atoms with van der Waals surface area (Å²) >= 11 is 0. The average molecular weight is 311 g/mol. The number of ether oxygens (including phenoxy) is 2. The van der Waals surface area contributed by atoms with Crippen LogP contribution in [0.25, 0.3) is 0 Å². The SMILES string of the molecule is COc1ccc([C@H](NC(=O)[C@H]2CCCO2)c2ccccc2)cc1. The van der Waals surface area contributed by atoms with Gasteiger partial charge in [0.1, 0.15) is 11.9 Å². The Balaban J connectivity index is 1.85. The molecule has 23 heavy (non-hydrogen) atoms. The molecule has 4 nitrogen and oxygen atoms in total. The fourth-order valence-corrected chi connectivity index (χ4v) is 2.82. The maximum Gasteiger partial charge on any atom is 0.249 e. The molecule has 1 fully saturated rings. The van der Waals surface area contributed by atoms with Crippen LogP contribution in [-0.4, -0.2) is 25.7 Å². The maximum absolute atomic E-state index is 12.5. The lowest BCUT2D eigenvalue weighted by molar-refractivity contribution is -0.130. The van der Waals surface area contributed by atoms with Crippen LogP contribution in [0, 0.1) is 0 Å². The monoisotopic (exact) mass is 311 g/mol.